The minimum absolute atomic E-state index is 0.145. The van der Waals surface area contributed by atoms with Crippen molar-refractivity contribution in [2.45, 2.75) is 95.7 Å². The van der Waals surface area contributed by atoms with Gasteiger partial charge in [-0.15, -0.1) is 23.2 Å². The molecule has 11 heteroatoms. The Morgan fingerprint density at radius 2 is 1.68 bits per heavy atom. The first-order valence-corrected chi connectivity index (χ1v) is 13.6. The van der Waals surface area contributed by atoms with Crippen molar-refractivity contribution in [2.24, 2.45) is 34.8 Å². The molecule has 0 aromatic heterocycles. The van der Waals surface area contributed by atoms with E-state index < -0.39 is 63.0 Å². The summed E-state index contributed by atoms with van der Waals surface area (Å²) < 4.78 is 4.19. The van der Waals surface area contributed by atoms with Crippen LogP contribution < -0.4 is 11.1 Å². The second-order valence-corrected chi connectivity index (χ2v) is 14.3. The molecule has 1 unspecified atom stereocenters. The van der Waals surface area contributed by atoms with Crippen LogP contribution in [0.25, 0.3) is 0 Å². The molecular formula is C26H39Cl2N3O6. The molecule has 5 atom stereocenters. The second-order valence-electron chi connectivity index (χ2n) is 12.8. The van der Waals surface area contributed by atoms with Crippen molar-refractivity contribution in [1.29, 1.82) is 0 Å². The van der Waals surface area contributed by atoms with Gasteiger partial charge in [0.25, 0.3) is 5.91 Å². The summed E-state index contributed by atoms with van der Waals surface area (Å²) in [5.41, 5.74) is 3.81. The van der Waals surface area contributed by atoms with Gasteiger partial charge in [-0.3, -0.25) is 19.2 Å². The number of alkyl halides is 2. The van der Waals surface area contributed by atoms with E-state index in [0.29, 0.717) is 6.42 Å². The van der Waals surface area contributed by atoms with Crippen LogP contribution >= 0.6 is 23.2 Å². The average molecular weight is 561 g/mol. The Kier molecular flexibility index (Phi) is 8.31. The highest BCUT2D eigenvalue weighted by Gasteiger charge is 2.73. The lowest BCUT2D eigenvalue weighted by molar-refractivity contribution is -0.144. The summed E-state index contributed by atoms with van der Waals surface area (Å²) in [7, 11) is 0. The lowest BCUT2D eigenvalue weighted by Crippen LogP contribution is -2.58. The number of amides is 3. The molecule has 2 saturated carbocycles. The minimum Gasteiger partial charge on any atom is -0.444 e. The summed E-state index contributed by atoms with van der Waals surface area (Å²) in [5, 5.41) is 2.67. The zero-order valence-corrected chi connectivity index (χ0v) is 23.9. The number of alkyl carbamates (subject to hydrolysis) is 1. The maximum atomic E-state index is 13.8. The van der Waals surface area contributed by atoms with E-state index in [9.17, 15) is 24.0 Å². The highest BCUT2D eigenvalue weighted by atomic mass is 35.5. The first kappa shape index (κ1) is 29.7. The number of ether oxygens (including phenoxy) is 1. The molecule has 3 N–H and O–H groups in total. The van der Waals surface area contributed by atoms with E-state index in [0.717, 1.165) is 19.3 Å². The van der Waals surface area contributed by atoms with Crippen LogP contribution in [0.3, 0.4) is 0 Å². The quantitative estimate of drug-likeness (QED) is 0.328. The van der Waals surface area contributed by atoms with Crippen molar-refractivity contribution in [2.75, 3.05) is 6.54 Å². The van der Waals surface area contributed by atoms with Gasteiger partial charge in [-0.2, -0.15) is 0 Å². The number of halogens is 2. The number of carbonyl (C=O) groups is 5. The number of nitrogens with one attached hydrogen (secondary N) is 1. The SMILES string of the molecule is CC(C)(C)OC(=O)N[C@H](C(=O)N1C[C@H]2[C@@H]([C@H]1C(=O)CC(CC1CCC1)C(=O)C(N)=O)C2(Cl)Cl)C(C)(C)C. The number of nitrogens with two attached hydrogens (primary N) is 1. The second kappa shape index (κ2) is 10.4. The van der Waals surface area contributed by atoms with E-state index in [1.54, 1.807) is 41.5 Å². The highest BCUT2D eigenvalue weighted by Crippen LogP contribution is 2.65. The average Bonchev–Trinajstić information content (AvgIpc) is 3.06. The molecule has 0 radical (unpaired) electrons. The van der Waals surface area contributed by atoms with Gasteiger partial charge in [0, 0.05) is 30.7 Å². The molecule has 37 heavy (non-hydrogen) atoms. The predicted octanol–water partition coefficient (Wildman–Crippen LogP) is 3.38. The van der Waals surface area contributed by atoms with Gasteiger partial charge >= 0.3 is 6.09 Å². The van der Waals surface area contributed by atoms with Gasteiger partial charge in [0.15, 0.2) is 5.78 Å². The smallest absolute Gasteiger partial charge is 0.408 e. The topological polar surface area (TPSA) is 136 Å². The van der Waals surface area contributed by atoms with Crippen molar-refractivity contribution in [1.82, 2.24) is 10.2 Å². The summed E-state index contributed by atoms with van der Waals surface area (Å²) in [6, 6.07) is -1.96. The number of nitrogens with zero attached hydrogens (tertiary/aromatic N) is 1. The summed E-state index contributed by atoms with van der Waals surface area (Å²) in [6.07, 6.45) is 2.35. The maximum Gasteiger partial charge on any atom is 0.408 e. The lowest BCUT2D eigenvalue weighted by Gasteiger charge is -2.37. The fraction of sp³-hybridized carbons (Fsp3) is 0.808. The molecule has 208 valence electrons. The van der Waals surface area contributed by atoms with Crippen molar-refractivity contribution >= 4 is 52.7 Å². The number of primary amides is 1. The van der Waals surface area contributed by atoms with Gasteiger partial charge < -0.3 is 20.7 Å². The molecular weight excluding hydrogens is 521 g/mol. The molecule has 0 aromatic rings. The molecule has 3 aliphatic rings. The van der Waals surface area contributed by atoms with Gasteiger partial charge in [-0.25, -0.2) is 4.79 Å². The molecule has 1 saturated heterocycles. The fourth-order valence-corrected chi connectivity index (χ4v) is 6.25. The summed E-state index contributed by atoms with van der Waals surface area (Å²) in [4.78, 5) is 65.7. The van der Waals surface area contributed by atoms with Gasteiger partial charge in [-0.1, -0.05) is 40.0 Å². The van der Waals surface area contributed by atoms with Crippen LogP contribution in [0.15, 0.2) is 0 Å². The van der Waals surface area contributed by atoms with Crippen LogP contribution in [-0.2, 0) is 23.9 Å². The van der Waals surface area contributed by atoms with E-state index in [-0.39, 0.29) is 30.6 Å². The Hall–Kier alpha value is -1.87. The van der Waals surface area contributed by atoms with Gasteiger partial charge in [0.1, 0.15) is 16.0 Å². The summed E-state index contributed by atoms with van der Waals surface area (Å²) in [6.45, 7) is 10.7. The molecule has 2 aliphatic carbocycles. The Bertz CT molecular complexity index is 966. The minimum atomic E-state index is -1.16. The monoisotopic (exact) mass is 559 g/mol. The molecule has 9 nitrogen and oxygen atoms in total. The van der Waals surface area contributed by atoms with Crippen LogP contribution in [0.2, 0.25) is 0 Å². The van der Waals surface area contributed by atoms with E-state index in [4.69, 9.17) is 33.7 Å². The largest absolute Gasteiger partial charge is 0.444 e. The molecule has 0 bridgehead atoms. The zero-order valence-electron chi connectivity index (χ0n) is 22.4. The number of likely N-dealkylation sites (tertiary alicyclic amines) is 1. The van der Waals surface area contributed by atoms with E-state index in [1.165, 1.54) is 4.90 Å². The van der Waals surface area contributed by atoms with Crippen LogP contribution in [-0.4, -0.2) is 62.9 Å². The first-order valence-electron chi connectivity index (χ1n) is 12.9. The third kappa shape index (κ3) is 6.59. The number of fused-ring (bicyclic) bond motifs is 1. The molecule has 0 spiro atoms. The zero-order chi connectivity index (χ0) is 28.1. The third-order valence-corrected chi connectivity index (χ3v) is 8.69. The Balaban J connectivity index is 1.83. The Morgan fingerprint density at radius 1 is 1.08 bits per heavy atom. The number of Topliss-reactive ketones (excluding diaryl/α,β-unsaturated/α-hetero) is 2. The van der Waals surface area contributed by atoms with E-state index >= 15 is 0 Å². The predicted molar refractivity (Wildman–Crippen MR) is 139 cm³/mol. The number of hydrogen-bond donors (Lipinski definition) is 2. The van der Waals surface area contributed by atoms with Crippen LogP contribution in [0, 0.1) is 29.1 Å². The third-order valence-electron chi connectivity index (χ3n) is 7.62. The molecule has 3 fully saturated rings. The normalized spacial score (nSPS) is 26.4. The fourth-order valence-electron chi connectivity index (χ4n) is 5.42. The molecule has 3 rings (SSSR count). The number of carbonyl (C=O) groups excluding carboxylic acids is 5. The van der Waals surface area contributed by atoms with Gasteiger partial charge in [0.2, 0.25) is 11.7 Å². The van der Waals surface area contributed by atoms with Crippen LogP contribution in [0.5, 0.6) is 0 Å². The van der Waals surface area contributed by atoms with Crippen molar-refractivity contribution in [3.8, 4) is 0 Å². The maximum absolute atomic E-state index is 13.8. The van der Waals surface area contributed by atoms with Gasteiger partial charge in [-0.05, 0) is 38.5 Å². The molecule has 1 heterocycles. The van der Waals surface area contributed by atoms with Crippen molar-refractivity contribution in [3.63, 3.8) is 0 Å². The summed E-state index contributed by atoms with van der Waals surface area (Å²) >= 11 is 12.9. The van der Waals surface area contributed by atoms with Crippen LogP contribution in [0.1, 0.15) is 73.6 Å². The van der Waals surface area contributed by atoms with Gasteiger partial charge in [0.05, 0.1) is 6.04 Å². The van der Waals surface area contributed by atoms with Crippen LogP contribution in [0.4, 0.5) is 4.79 Å². The lowest BCUT2D eigenvalue weighted by atomic mass is 9.76. The highest BCUT2D eigenvalue weighted by molar-refractivity contribution is 6.51. The first-order chi connectivity index (χ1) is 16.8. The standard InChI is InChI=1S/C26H39Cl2N3O6/c1-24(2,3)20(30-23(36)37-25(4,5)6)22(35)31-12-15-17(26(15,27)28)18(31)16(32)11-14(19(33)21(29)34)10-13-8-7-9-13/h13-15,17-18,20H,7-12H2,1-6H3,(H2,29,34)(H,30,36)/t14?,15-,17-,18+,20+/m0/s1. The Morgan fingerprint density at radius 3 is 2.14 bits per heavy atom. The number of rotatable bonds is 9. The summed E-state index contributed by atoms with van der Waals surface area (Å²) in [5.74, 6) is -4.07. The number of hydrogen-bond acceptors (Lipinski definition) is 6. The number of piperidine rings is 1. The van der Waals surface area contributed by atoms with Crippen molar-refractivity contribution in [3.05, 3.63) is 0 Å². The number of ketones is 2. The van der Waals surface area contributed by atoms with Crippen molar-refractivity contribution < 1.29 is 28.7 Å². The molecule has 3 amide bonds. The Labute approximate surface area is 228 Å². The van der Waals surface area contributed by atoms with E-state index in [2.05, 4.69) is 5.32 Å². The van der Waals surface area contributed by atoms with E-state index in [1.807, 2.05) is 0 Å². The molecule has 0 aromatic carbocycles. The molecule has 1 aliphatic heterocycles.